The molecule has 9 heteroatoms. The summed E-state index contributed by atoms with van der Waals surface area (Å²) >= 11 is 34.0. The molecule has 0 bridgehead atoms. The van der Waals surface area contributed by atoms with Gasteiger partial charge in [0.1, 0.15) is 0 Å². The average molecular weight is 1680 g/mol. The predicted octanol–water partition coefficient (Wildman–Crippen LogP) is 33.2. The molecule has 522 valence electrons. The summed E-state index contributed by atoms with van der Waals surface area (Å²) in [6, 6.07) is 117. The molecule has 2 N–H and O–H groups in total. The molecule has 24 rings (SSSR count). The van der Waals surface area contributed by atoms with Crippen LogP contribution in [-0.4, -0.2) is 0 Å². The number of aryl methyl sites for hydroxylation is 1. The molecule has 22 aromatic rings. The monoisotopic (exact) mass is 1680 g/mol. The number of nitrogen functional groups attached to an aromatic ring is 1. The molecule has 2 aliphatic carbocycles. The maximum atomic E-state index is 6.28. The second-order valence-corrected chi connectivity index (χ2v) is 32.8. The van der Waals surface area contributed by atoms with Gasteiger partial charge in [-0.05, 0) is 305 Å². The quantitative estimate of drug-likeness (QED) is 0.141. The lowest BCUT2D eigenvalue weighted by Crippen LogP contribution is -2.10. The molecule has 0 heterocycles. The fourth-order valence-electron chi connectivity index (χ4n) is 17.3. The van der Waals surface area contributed by atoms with Crippen molar-refractivity contribution in [3.63, 3.8) is 0 Å². The van der Waals surface area contributed by atoms with Gasteiger partial charge in [-0.15, -0.1) is 0 Å². The molecule has 0 radical (unpaired) electrons. The standard InChI is InChI=1S/C44H25N.C22H12BrCl.C22H11Cl.C7H6BrCl.C6H5BrClN/c1-2-10-32(11-3-1)45(39-23-18-29-14-12-26-6-4-7-28-17-21-36(39)42(29)40(26)28)33-19-22-34-35-20-16-30-15-13-27-8-5-9-31-24-38(37(34)25-33)44(35)43(30)41(27)31;23-20-12-16(24)8-11-18(20)17-9-6-15-5-4-13-2-1-3-14-7-10-19(17)22(15)21(13)14;23-15-7-9-16-17-8-6-13-5-4-12-2-1-3-14-10-19(18(16)11-15)22(17)21(13)20(12)14;1-5-2-3-6(9)4-7(5)8;7-5-3-4(8)1-2-6(5)9/h1-25H;1-12H;1-11H;2-4H,1H3;1-3H,9H2. The Labute approximate surface area is 679 Å². The Balaban J connectivity index is 0.000000103. The third-order valence-electron chi connectivity index (χ3n) is 22.3. The van der Waals surface area contributed by atoms with E-state index >= 15 is 0 Å². The second-order valence-electron chi connectivity index (χ2n) is 28.5. The average Bonchev–Trinajstić information content (AvgIpc) is 1.51. The second kappa shape index (κ2) is 27.3. The number of fused-ring (bicyclic) bond motifs is 6. The van der Waals surface area contributed by atoms with Crippen LogP contribution < -0.4 is 10.6 Å². The highest BCUT2D eigenvalue weighted by Gasteiger charge is 2.29. The first kappa shape index (κ1) is 68.5. The van der Waals surface area contributed by atoms with Gasteiger partial charge in [-0.1, -0.05) is 309 Å². The molecule has 110 heavy (non-hydrogen) atoms. The van der Waals surface area contributed by atoms with E-state index in [4.69, 9.17) is 52.1 Å². The molecule has 0 spiro atoms. The molecule has 2 aliphatic rings. The SMILES string of the molecule is Cc1ccc(Cl)cc1Br.Clc1ccc(-c2ccc3ccc4cccc5ccc2c3c45)c(Br)c1.Clc1ccc2c(c1)-c1cc3cccc4ccc5ccc-2c1c5c43.Nc1ccc(Cl)cc1Br.c1ccc(N(c2ccc3c(c2)-c2cc4cccc5ccc6ccc-3c2c6c54)c2ccc3ccc4cccc5ccc2c3c45)cc1. The molecule has 0 aliphatic heterocycles. The van der Waals surface area contributed by atoms with Gasteiger partial charge in [0.05, 0.1) is 5.69 Å². The lowest BCUT2D eigenvalue weighted by Gasteiger charge is -2.28. The van der Waals surface area contributed by atoms with Gasteiger partial charge in [-0.2, -0.15) is 0 Å². The smallest absolute Gasteiger partial charge is 0.0540 e. The van der Waals surface area contributed by atoms with Crippen molar-refractivity contribution in [3.8, 4) is 55.6 Å². The van der Waals surface area contributed by atoms with Gasteiger partial charge in [-0.25, -0.2) is 0 Å². The van der Waals surface area contributed by atoms with Crippen molar-refractivity contribution >= 4 is 246 Å². The fourth-order valence-corrected chi connectivity index (χ4v) is 19.8. The van der Waals surface area contributed by atoms with E-state index in [2.05, 4.69) is 326 Å². The Kier molecular flexibility index (Phi) is 17.0. The third kappa shape index (κ3) is 11.5. The van der Waals surface area contributed by atoms with Crippen LogP contribution in [0.4, 0.5) is 22.7 Å². The van der Waals surface area contributed by atoms with E-state index in [1.165, 1.54) is 191 Å². The van der Waals surface area contributed by atoms with Gasteiger partial charge >= 0.3 is 0 Å². The van der Waals surface area contributed by atoms with Crippen LogP contribution >= 0.6 is 94.2 Å². The Morgan fingerprint density at radius 1 is 0.227 bits per heavy atom. The number of hydrogen-bond donors (Lipinski definition) is 1. The van der Waals surface area contributed by atoms with E-state index in [-0.39, 0.29) is 0 Å². The number of para-hydroxylation sites is 1. The Hall–Kier alpha value is -10.8. The van der Waals surface area contributed by atoms with Crippen molar-refractivity contribution in [1.82, 2.24) is 0 Å². The van der Waals surface area contributed by atoms with Crippen molar-refractivity contribution in [2.75, 3.05) is 10.6 Å². The maximum absolute atomic E-state index is 6.28. The molecular weight excluding hydrogens is 1620 g/mol. The van der Waals surface area contributed by atoms with Crippen LogP contribution in [0.1, 0.15) is 5.56 Å². The highest BCUT2D eigenvalue weighted by Crippen LogP contribution is 2.56. The summed E-state index contributed by atoms with van der Waals surface area (Å²) in [5, 5.41) is 34.8. The highest BCUT2D eigenvalue weighted by molar-refractivity contribution is 9.11. The minimum Gasteiger partial charge on any atom is -0.398 e. The topological polar surface area (TPSA) is 29.3 Å². The summed E-state index contributed by atoms with van der Waals surface area (Å²) in [5.41, 5.74) is 23.8. The summed E-state index contributed by atoms with van der Waals surface area (Å²) in [6.45, 7) is 2.03. The van der Waals surface area contributed by atoms with Gasteiger partial charge < -0.3 is 10.6 Å². The zero-order valence-corrected chi connectivity index (χ0v) is 66.6. The Bertz CT molecular complexity index is 7400. The molecule has 0 aromatic heterocycles. The summed E-state index contributed by atoms with van der Waals surface area (Å²) in [5.74, 6) is 0. The molecule has 0 unspecified atom stereocenters. The van der Waals surface area contributed by atoms with Crippen LogP contribution in [0, 0.1) is 6.92 Å². The van der Waals surface area contributed by atoms with Crippen LogP contribution in [0.15, 0.2) is 341 Å². The number of benzene rings is 22. The maximum Gasteiger partial charge on any atom is 0.0540 e. The van der Waals surface area contributed by atoms with Crippen LogP contribution in [-0.2, 0) is 0 Å². The third-order valence-corrected chi connectivity index (χ3v) is 25.4. The van der Waals surface area contributed by atoms with Crippen LogP contribution in [0.2, 0.25) is 20.1 Å². The van der Waals surface area contributed by atoms with Gasteiger partial charge in [0.25, 0.3) is 0 Å². The number of nitrogens with zero attached hydrogens (tertiary/aromatic N) is 1. The fraction of sp³-hybridized carbons (Fsp3) is 0.00990. The van der Waals surface area contributed by atoms with Crippen molar-refractivity contribution in [1.29, 1.82) is 0 Å². The van der Waals surface area contributed by atoms with Crippen LogP contribution in [0.5, 0.6) is 0 Å². The van der Waals surface area contributed by atoms with Crippen LogP contribution in [0.25, 0.3) is 185 Å². The first-order valence-electron chi connectivity index (χ1n) is 36.4. The molecule has 0 amide bonds. The minimum atomic E-state index is 0.691. The first-order chi connectivity index (χ1) is 53.7. The lowest BCUT2D eigenvalue weighted by molar-refractivity contribution is 1.30. The van der Waals surface area contributed by atoms with Crippen LogP contribution in [0.3, 0.4) is 0 Å². The summed E-state index contributed by atoms with van der Waals surface area (Å²) in [6.07, 6.45) is 0. The highest BCUT2D eigenvalue weighted by atomic mass is 79.9. The number of nitrogens with two attached hydrogens (primary N) is 1. The molecule has 0 saturated carbocycles. The van der Waals surface area contributed by atoms with Gasteiger partial charge in [0, 0.05) is 56.0 Å². The molecule has 0 saturated heterocycles. The van der Waals surface area contributed by atoms with Crippen molar-refractivity contribution in [2.45, 2.75) is 6.92 Å². The summed E-state index contributed by atoms with van der Waals surface area (Å²) in [4.78, 5) is 2.45. The molecule has 0 atom stereocenters. The lowest BCUT2D eigenvalue weighted by atomic mass is 9.90. The van der Waals surface area contributed by atoms with Gasteiger partial charge in [0.15, 0.2) is 0 Å². The molecule has 22 aromatic carbocycles. The van der Waals surface area contributed by atoms with E-state index < -0.39 is 0 Å². The van der Waals surface area contributed by atoms with Gasteiger partial charge in [0.2, 0.25) is 0 Å². The van der Waals surface area contributed by atoms with Crippen molar-refractivity contribution < 1.29 is 0 Å². The molecule has 2 nitrogen and oxygen atoms in total. The number of rotatable bonds is 4. The van der Waals surface area contributed by atoms with E-state index in [1.54, 1.807) is 18.2 Å². The number of halogens is 7. The summed E-state index contributed by atoms with van der Waals surface area (Å²) in [7, 11) is 0. The van der Waals surface area contributed by atoms with Crippen molar-refractivity contribution in [2.24, 2.45) is 0 Å². The normalized spacial score (nSPS) is 11.9. The Morgan fingerprint density at radius 2 is 0.600 bits per heavy atom. The zero-order chi connectivity index (χ0) is 74.3. The van der Waals surface area contributed by atoms with E-state index in [0.717, 1.165) is 45.4 Å². The number of anilines is 4. The largest absolute Gasteiger partial charge is 0.398 e. The van der Waals surface area contributed by atoms with E-state index in [1.807, 2.05) is 43.3 Å². The Morgan fingerprint density at radius 3 is 1.10 bits per heavy atom. The molecular formula is C101H59Br3Cl4N2. The molecule has 0 fully saturated rings. The first-order valence-corrected chi connectivity index (χ1v) is 40.3. The summed E-state index contributed by atoms with van der Waals surface area (Å²) < 4.78 is 2.93. The van der Waals surface area contributed by atoms with E-state index in [0.29, 0.717) is 10.7 Å². The number of hydrogen-bond acceptors (Lipinski definition) is 2. The predicted molar refractivity (Wildman–Crippen MR) is 488 cm³/mol. The van der Waals surface area contributed by atoms with E-state index in [9.17, 15) is 0 Å². The zero-order valence-electron chi connectivity index (χ0n) is 58.8. The van der Waals surface area contributed by atoms with Gasteiger partial charge in [-0.3, -0.25) is 0 Å². The minimum absolute atomic E-state index is 0.691. The van der Waals surface area contributed by atoms with Crippen molar-refractivity contribution in [3.05, 3.63) is 367 Å².